The second-order valence-corrected chi connectivity index (χ2v) is 5.53. The van der Waals surface area contributed by atoms with E-state index in [1.165, 1.54) is 5.56 Å². The second-order valence-electron chi connectivity index (χ2n) is 4.62. The van der Waals surface area contributed by atoms with Crippen LogP contribution in [-0.4, -0.2) is 15.2 Å². The van der Waals surface area contributed by atoms with E-state index in [-0.39, 0.29) is 0 Å². The predicted molar refractivity (Wildman–Crippen MR) is 84.1 cm³/mol. The number of nitrogens with two attached hydrogens (primary N) is 1. The third kappa shape index (κ3) is 2.32. The molecule has 0 fully saturated rings. The molecular weight excluding hydrogens is 316 g/mol. The minimum atomic E-state index is 0.477. The smallest absolute Gasteiger partial charge is 0.153 e. The van der Waals surface area contributed by atoms with Crippen LogP contribution in [0.5, 0.6) is 0 Å². The number of H-pyrrole nitrogens is 1. The number of nitrogens with one attached hydrogen (secondary N) is 1. The molecule has 0 unspecified atom stereocenters. The fraction of sp³-hybridized carbons (Fsp3) is 0.0667. The first-order chi connectivity index (χ1) is 9.65. The van der Waals surface area contributed by atoms with Crippen molar-refractivity contribution < 1.29 is 0 Å². The average Bonchev–Trinajstić information content (AvgIpc) is 2.80. The molecule has 0 radical (unpaired) electrons. The van der Waals surface area contributed by atoms with Crippen LogP contribution in [0.3, 0.4) is 0 Å². The van der Waals surface area contributed by atoms with Gasteiger partial charge < -0.3 is 5.73 Å². The maximum Gasteiger partial charge on any atom is 0.153 e. The molecule has 2 aromatic heterocycles. The zero-order valence-electron chi connectivity index (χ0n) is 10.9. The first-order valence-corrected chi connectivity index (χ1v) is 6.96. The highest BCUT2D eigenvalue weighted by Gasteiger charge is 2.15. The van der Waals surface area contributed by atoms with E-state index in [9.17, 15) is 0 Å². The quantitative estimate of drug-likeness (QED) is 0.752. The van der Waals surface area contributed by atoms with Crippen molar-refractivity contribution in [2.24, 2.45) is 0 Å². The molecule has 0 amide bonds. The normalized spacial score (nSPS) is 10.7. The summed E-state index contributed by atoms with van der Waals surface area (Å²) in [6.45, 7) is 2.05. The molecule has 1 aromatic carbocycles. The molecule has 3 rings (SSSR count). The Bertz CT molecular complexity index is 730. The van der Waals surface area contributed by atoms with Crippen molar-refractivity contribution in [2.45, 2.75) is 6.92 Å². The van der Waals surface area contributed by atoms with Gasteiger partial charge in [-0.2, -0.15) is 5.10 Å². The summed E-state index contributed by atoms with van der Waals surface area (Å²) in [6, 6.07) is 10.1. The molecule has 5 heteroatoms. The second kappa shape index (κ2) is 5.09. The lowest BCUT2D eigenvalue weighted by Gasteiger charge is -2.06. The Hall–Kier alpha value is -2.14. The van der Waals surface area contributed by atoms with Gasteiger partial charge in [0, 0.05) is 28.0 Å². The van der Waals surface area contributed by atoms with Crippen molar-refractivity contribution in [2.75, 3.05) is 5.73 Å². The molecule has 2 heterocycles. The van der Waals surface area contributed by atoms with Crippen LogP contribution in [0.1, 0.15) is 5.56 Å². The molecule has 3 aromatic rings. The Labute approximate surface area is 125 Å². The minimum Gasteiger partial charge on any atom is -0.382 e. The number of aryl methyl sites for hydroxylation is 1. The first-order valence-electron chi connectivity index (χ1n) is 6.17. The minimum absolute atomic E-state index is 0.477. The summed E-state index contributed by atoms with van der Waals surface area (Å²) in [5, 5.41) is 7.16. The topological polar surface area (TPSA) is 67.6 Å². The van der Waals surface area contributed by atoms with Crippen LogP contribution in [0.15, 0.2) is 47.2 Å². The van der Waals surface area contributed by atoms with Gasteiger partial charge in [-0.25, -0.2) is 0 Å². The van der Waals surface area contributed by atoms with Crippen molar-refractivity contribution in [3.63, 3.8) is 0 Å². The molecule has 0 atom stereocenters. The molecule has 0 aliphatic carbocycles. The van der Waals surface area contributed by atoms with Gasteiger partial charge in [0.1, 0.15) is 0 Å². The van der Waals surface area contributed by atoms with Crippen LogP contribution >= 0.6 is 15.9 Å². The number of rotatable bonds is 2. The fourth-order valence-corrected chi connectivity index (χ4v) is 2.86. The number of nitrogen functional groups attached to an aromatic ring is 1. The van der Waals surface area contributed by atoms with E-state index >= 15 is 0 Å². The van der Waals surface area contributed by atoms with Crippen LogP contribution < -0.4 is 5.73 Å². The number of hydrogen-bond donors (Lipinski definition) is 2. The molecule has 0 bridgehead atoms. The lowest BCUT2D eigenvalue weighted by atomic mass is 10.0. The molecular formula is C15H13BrN4. The van der Waals surface area contributed by atoms with Crippen molar-refractivity contribution in [3.05, 3.63) is 52.8 Å². The van der Waals surface area contributed by atoms with Gasteiger partial charge in [0.2, 0.25) is 0 Å². The molecule has 3 N–H and O–H groups in total. The number of aromatic nitrogens is 3. The van der Waals surface area contributed by atoms with Crippen LogP contribution in [-0.2, 0) is 0 Å². The maximum absolute atomic E-state index is 6.00. The summed E-state index contributed by atoms with van der Waals surface area (Å²) >= 11 is 3.52. The van der Waals surface area contributed by atoms with E-state index in [0.29, 0.717) is 5.82 Å². The lowest BCUT2D eigenvalue weighted by Crippen LogP contribution is -1.89. The summed E-state index contributed by atoms with van der Waals surface area (Å²) in [5.41, 5.74) is 11.0. The summed E-state index contributed by atoms with van der Waals surface area (Å²) in [7, 11) is 0. The molecule has 0 aliphatic heterocycles. The molecule has 4 nitrogen and oxygen atoms in total. The molecule has 0 saturated heterocycles. The number of anilines is 1. The molecule has 0 aliphatic rings. The van der Waals surface area contributed by atoms with E-state index in [1.54, 1.807) is 12.4 Å². The lowest BCUT2D eigenvalue weighted by molar-refractivity contribution is 1.10. The monoisotopic (exact) mass is 328 g/mol. The van der Waals surface area contributed by atoms with E-state index in [1.807, 2.05) is 18.2 Å². The van der Waals surface area contributed by atoms with Gasteiger partial charge in [-0.3, -0.25) is 10.1 Å². The van der Waals surface area contributed by atoms with Gasteiger partial charge in [0.05, 0.1) is 11.3 Å². The zero-order chi connectivity index (χ0) is 14.1. The largest absolute Gasteiger partial charge is 0.382 e. The third-order valence-electron chi connectivity index (χ3n) is 3.08. The Balaban J connectivity index is 2.21. The van der Waals surface area contributed by atoms with Crippen molar-refractivity contribution in [1.82, 2.24) is 15.2 Å². The molecule has 20 heavy (non-hydrogen) atoms. The van der Waals surface area contributed by atoms with E-state index < -0.39 is 0 Å². The van der Waals surface area contributed by atoms with E-state index in [0.717, 1.165) is 26.9 Å². The van der Waals surface area contributed by atoms with Gasteiger partial charge in [-0.1, -0.05) is 22.0 Å². The summed E-state index contributed by atoms with van der Waals surface area (Å²) in [5.74, 6) is 0.477. The summed E-state index contributed by atoms with van der Waals surface area (Å²) < 4.78 is 1.03. The van der Waals surface area contributed by atoms with E-state index in [2.05, 4.69) is 50.2 Å². The Morgan fingerprint density at radius 1 is 1.20 bits per heavy atom. The number of hydrogen-bond acceptors (Lipinski definition) is 3. The number of benzene rings is 1. The SMILES string of the molecule is Cc1cc(Br)cc(-c2[nH]nc(N)c2-c2cccnc2)c1. The predicted octanol–water partition coefficient (Wildman–Crippen LogP) is 3.79. The van der Waals surface area contributed by atoms with Crippen LogP contribution in [0.2, 0.25) is 0 Å². The molecule has 100 valence electrons. The van der Waals surface area contributed by atoms with Crippen molar-refractivity contribution in [1.29, 1.82) is 0 Å². The van der Waals surface area contributed by atoms with Gasteiger partial charge in [0.15, 0.2) is 5.82 Å². The summed E-state index contributed by atoms with van der Waals surface area (Å²) in [4.78, 5) is 4.15. The van der Waals surface area contributed by atoms with Gasteiger partial charge in [-0.05, 0) is 36.8 Å². The van der Waals surface area contributed by atoms with Crippen LogP contribution in [0.4, 0.5) is 5.82 Å². The number of aromatic amines is 1. The Morgan fingerprint density at radius 2 is 2.05 bits per heavy atom. The standard InChI is InChI=1S/C15H13BrN4/c1-9-5-11(7-12(16)6-9)14-13(15(17)20-19-14)10-3-2-4-18-8-10/h2-8H,1H3,(H3,17,19,20). The average molecular weight is 329 g/mol. The highest BCUT2D eigenvalue weighted by atomic mass is 79.9. The van der Waals surface area contributed by atoms with Crippen LogP contribution in [0.25, 0.3) is 22.4 Å². The van der Waals surface area contributed by atoms with Gasteiger partial charge >= 0.3 is 0 Å². The summed E-state index contributed by atoms with van der Waals surface area (Å²) in [6.07, 6.45) is 3.53. The zero-order valence-corrected chi connectivity index (χ0v) is 12.5. The van der Waals surface area contributed by atoms with Gasteiger partial charge in [0.25, 0.3) is 0 Å². The highest BCUT2D eigenvalue weighted by Crippen LogP contribution is 2.35. The fourth-order valence-electron chi connectivity index (χ4n) is 2.25. The first kappa shape index (κ1) is 12.9. The van der Waals surface area contributed by atoms with Crippen molar-refractivity contribution in [3.8, 4) is 22.4 Å². The molecule has 0 spiro atoms. The van der Waals surface area contributed by atoms with E-state index in [4.69, 9.17) is 5.73 Å². The Morgan fingerprint density at radius 3 is 2.75 bits per heavy atom. The van der Waals surface area contributed by atoms with Gasteiger partial charge in [-0.15, -0.1) is 0 Å². The molecule has 0 saturated carbocycles. The highest BCUT2D eigenvalue weighted by molar-refractivity contribution is 9.10. The number of pyridine rings is 1. The van der Waals surface area contributed by atoms with Crippen molar-refractivity contribution >= 4 is 21.7 Å². The third-order valence-corrected chi connectivity index (χ3v) is 3.53. The van der Waals surface area contributed by atoms with Crippen LogP contribution in [0, 0.1) is 6.92 Å². The number of nitrogens with zero attached hydrogens (tertiary/aromatic N) is 2. The maximum atomic E-state index is 6.00. The Kier molecular flexibility index (Phi) is 3.28. The number of halogens is 1.